The van der Waals surface area contributed by atoms with Crippen molar-refractivity contribution in [3.63, 3.8) is 0 Å². The van der Waals surface area contributed by atoms with Crippen molar-refractivity contribution >= 4 is 41.4 Å². The first-order valence-corrected chi connectivity index (χ1v) is 14.0. The van der Waals surface area contributed by atoms with Crippen LogP contribution >= 0.6 is 11.8 Å². The van der Waals surface area contributed by atoms with Gasteiger partial charge in [0.2, 0.25) is 17.7 Å². The van der Waals surface area contributed by atoms with Gasteiger partial charge in [0.05, 0.1) is 6.04 Å². The Morgan fingerprint density at radius 1 is 0.846 bits per heavy atom. The van der Waals surface area contributed by atoms with Crippen molar-refractivity contribution in [1.29, 1.82) is 0 Å². The number of aliphatic carboxylic acids is 2. The van der Waals surface area contributed by atoms with Gasteiger partial charge in [0.15, 0.2) is 0 Å². The van der Waals surface area contributed by atoms with Crippen molar-refractivity contribution in [2.75, 3.05) is 18.6 Å². The molecule has 39 heavy (non-hydrogen) atoms. The highest BCUT2D eigenvalue weighted by Crippen LogP contribution is 2.12. The van der Waals surface area contributed by atoms with Gasteiger partial charge >= 0.3 is 11.9 Å². The van der Waals surface area contributed by atoms with Crippen LogP contribution in [0.5, 0.6) is 5.75 Å². The molecule has 14 heteroatoms. The summed E-state index contributed by atoms with van der Waals surface area (Å²) in [7, 11) is 0. The molecule has 0 saturated carbocycles. The SMILES string of the molecule is CSCCC(NC(=O)C(N)Cc1ccc(O)cc1)C(=O)NC(CCCCN)C(=O)NC(CCC(=O)O)C(=O)O. The lowest BCUT2D eigenvalue weighted by atomic mass is 10.0. The number of carbonyl (C=O) groups excluding carboxylic acids is 3. The van der Waals surface area contributed by atoms with E-state index >= 15 is 0 Å². The number of benzene rings is 1. The number of phenolic OH excluding ortho intramolecular Hbond substituents is 1. The van der Waals surface area contributed by atoms with E-state index in [0.717, 1.165) is 0 Å². The summed E-state index contributed by atoms with van der Waals surface area (Å²) >= 11 is 1.46. The van der Waals surface area contributed by atoms with Gasteiger partial charge < -0.3 is 42.7 Å². The monoisotopic (exact) mass is 569 g/mol. The molecule has 4 unspecified atom stereocenters. The number of hydrogen-bond donors (Lipinski definition) is 8. The van der Waals surface area contributed by atoms with Gasteiger partial charge in [0.25, 0.3) is 0 Å². The Morgan fingerprint density at radius 2 is 1.41 bits per heavy atom. The standard InChI is InChI=1S/C25H39N5O8S/c1-39-13-11-19(28-22(34)17(27)14-15-5-7-16(31)8-6-15)24(36)29-18(4-2-3-12-26)23(35)30-20(25(37)38)9-10-21(32)33/h5-8,17-20,31H,2-4,9-14,26-27H2,1H3,(H,28,34)(H,29,36)(H,30,35)(H,32,33)(H,37,38). The fourth-order valence-corrected chi connectivity index (χ4v) is 4.06. The molecule has 1 aromatic rings. The lowest BCUT2D eigenvalue weighted by Crippen LogP contribution is -2.57. The highest BCUT2D eigenvalue weighted by molar-refractivity contribution is 7.98. The molecule has 0 fully saturated rings. The molecule has 1 rings (SSSR count). The third-order valence-corrected chi connectivity index (χ3v) is 6.46. The van der Waals surface area contributed by atoms with Crippen molar-refractivity contribution < 1.29 is 39.3 Å². The van der Waals surface area contributed by atoms with E-state index in [1.54, 1.807) is 12.1 Å². The number of rotatable bonds is 19. The molecular weight excluding hydrogens is 530 g/mol. The first-order chi connectivity index (χ1) is 18.5. The minimum absolute atomic E-state index is 0.0761. The summed E-state index contributed by atoms with van der Waals surface area (Å²) in [6.07, 6.45) is 2.63. The molecule has 0 heterocycles. The molecule has 0 spiro atoms. The molecule has 4 atom stereocenters. The van der Waals surface area contributed by atoms with Gasteiger partial charge in [0, 0.05) is 6.42 Å². The van der Waals surface area contributed by atoms with E-state index in [-0.39, 0.29) is 31.4 Å². The molecule has 0 aromatic heterocycles. The zero-order chi connectivity index (χ0) is 29.4. The molecule has 1 aromatic carbocycles. The van der Waals surface area contributed by atoms with Gasteiger partial charge in [-0.1, -0.05) is 12.1 Å². The number of unbranched alkanes of at least 4 members (excludes halogenated alkanes) is 1. The predicted octanol–water partition coefficient (Wildman–Crippen LogP) is -0.452. The lowest BCUT2D eigenvalue weighted by Gasteiger charge is -2.25. The average Bonchev–Trinajstić information content (AvgIpc) is 2.88. The highest BCUT2D eigenvalue weighted by Gasteiger charge is 2.30. The fraction of sp³-hybridized carbons (Fsp3) is 0.560. The first-order valence-electron chi connectivity index (χ1n) is 12.6. The van der Waals surface area contributed by atoms with Crippen LogP contribution < -0.4 is 27.4 Å². The van der Waals surface area contributed by atoms with E-state index in [1.165, 1.54) is 23.9 Å². The third-order valence-electron chi connectivity index (χ3n) is 5.81. The van der Waals surface area contributed by atoms with Crippen LogP contribution in [0.3, 0.4) is 0 Å². The van der Waals surface area contributed by atoms with Crippen LogP contribution in [-0.2, 0) is 30.4 Å². The van der Waals surface area contributed by atoms with E-state index in [9.17, 15) is 34.2 Å². The molecule has 0 aliphatic heterocycles. The molecule has 13 nitrogen and oxygen atoms in total. The van der Waals surface area contributed by atoms with Gasteiger partial charge in [-0.3, -0.25) is 19.2 Å². The second kappa shape index (κ2) is 18.0. The average molecular weight is 570 g/mol. The Kier molecular flexibility index (Phi) is 15.6. The minimum atomic E-state index is -1.45. The fourth-order valence-electron chi connectivity index (χ4n) is 3.59. The maximum Gasteiger partial charge on any atom is 0.326 e. The molecule has 10 N–H and O–H groups in total. The Morgan fingerprint density at radius 3 is 1.95 bits per heavy atom. The van der Waals surface area contributed by atoms with Crippen molar-refractivity contribution in [1.82, 2.24) is 16.0 Å². The zero-order valence-corrected chi connectivity index (χ0v) is 22.7. The Labute approximate surface area is 231 Å². The second-order valence-electron chi connectivity index (χ2n) is 9.00. The van der Waals surface area contributed by atoms with Gasteiger partial charge in [0.1, 0.15) is 23.9 Å². The van der Waals surface area contributed by atoms with Gasteiger partial charge in [-0.15, -0.1) is 0 Å². The molecular formula is C25H39N5O8S. The Bertz CT molecular complexity index is 962. The summed E-state index contributed by atoms with van der Waals surface area (Å²) < 4.78 is 0. The first kappa shape index (κ1) is 33.7. The number of aromatic hydroxyl groups is 1. The number of carboxylic acids is 2. The van der Waals surface area contributed by atoms with Crippen molar-refractivity contribution in [2.45, 2.75) is 69.1 Å². The zero-order valence-electron chi connectivity index (χ0n) is 21.9. The smallest absolute Gasteiger partial charge is 0.326 e. The summed E-state index contributed by atoms with van der Waals surface area (Å²) in [5.74, 6) is -4.01. The van der Waals surface area contributed by atoms with Crippen LogP contribution in [0, 0.1) is 0 Å². The quantitative estimate of drug-likeness (QED) is 0.0993. The number of nitrogens with two attached hydrogens (primary N) is 2. The van der Waals surface area contributed by atoms with Gasteiger partial charge in [-0.25, -0.2) is 4.79 Å². The van der Waals surface area contributed by atoms with E-state index in [2.05, 4.69) is 16.0 Å². The highest BCUT2D eigenvalue weighted by atomic mass is 32.2. The molecule has 0 saturated heterocycles. The summed E-state index contributed by atoms with van der Waals surface area (Å²) in [4.78, 5) is 61.3. The van der Waals surface area contributed by atoms with Crippen LogP contribution in [0.15, 0.2) is 24.3 Å². The summed E-state index contributed by atoms with van der Waals surface area (Å²) in [6.45, 7) is 0.351. The van der Waals surface area contributed by atoms with Gasteiger partial charge in [-0.2, -0.15) is 11.8 Å². The lowest BCUT2D eigenvalue weighted by molar-refractivity contribution is -0.143. The summed E-state index contributed by atoms with van der Waals surface area (Å²) in [6, 6.07) is 1.64. The molecule has 0 aliphatic rings. The second-order valence-corrected chi connectivity index (χ2v) is 9.98. The maximum absolute atomic E-state index is 13.2. The Balaban J connectivity index is 2.95. The Hall–Kier alpha value is -3.36. The minimum Gasteiger partial charge on any atom is -0.508 e. The third kappa shape index (κ3) is 13.3. The summed E-state index contributed by atoms with van der Waals surface area (Å²) in [5, 5.41) is 35.2. The van der Waals surface area contributed by atoms with Crippen molar-refractivity contribution in [2.24, 2.45) is 11.5 Å². The molecule has 0 aliphatic carbocycles. The van der Waals surface area contributed by atoms with E-state index in [4.69, 9.17) is 16.6 Å². The topological polar surface area (TPSA) is 234 Å². The number of carboxylic acid groups (broad SMARTS) is 2. The number of carbonyl (C=O) groups is 5. The largest absolute Gasteiger partial charge is 0.508 e. The van der Waals surface area contributed by atoms with Crippen LogP contribution in [0.4, 0.5) is 0 Å². The molecule has 0 bridgehead atoms. The van der Waals surface area contributed by atoms with Crippen LogP contribution in [-0.4, -0.2) is 87.7 Å². The number of hydrogen-bond acceptors (Lipinski definition) is 9. The number of phenols is 1. The number of amides is 3. The predicted molar refractivity (Wildman–Crippen MR) is 146 cm³/mol. The van der Waals surface area contributed by atoms with E-state index in [0.29, 0.717) is 30.7 Å². The number of thioether (sulfide) groups is 1. The molecule has 218 valence electrons. The van der Waals surface area contributed by atoms with Crippen LogP contribution in [0.25, 0.3) is 0 Å². The van der Waals surface area contributed by atoms with Crippen LogP contribution in [0.2, 0.25) is 0 Å². The summed E-state index contributed by atoms with van der Waals surface area (Å²) in [5.41, 5.74) is 12.3. The van der Waals surface area contributed by atoms with Gasteiger partial charge in [-0.05, 0) is 74.8 Å². The number of nitrogens with one attached hydrogen (secondary N) is 3. The van der Waals surface area contributed by atoms with Crippen molar-refractivity contribution in [3.05, 3.63) is 29.8 Å². The molecule has 3 amide bonds. The normalized spacial score (nSPS) is 13.9. The van der Waals surface area contributed by atoms with E-state index in [1.807, 2.05) is 6.26 Å². The van der Waals surface area contributed by atoms with Crippen molar-refractivity contribution in [3.8, 4) is 5.75 Å². The molecule has 0 radical (unpaired) electrons. The van der Waals surface area contributed by atoms with Crippen LogP contribution in [0.1, 0.15) is 44.1 Å². The maximum atomic E-state index is 13.2. The van der Waals surface area contributed by atoms with E-state index < -0.39 is 60.2 Å².